The van der Waals surface area contributed by atoms with Crippen LogP contribution in [0.4, 0.5) is 5.69 Å². The predicted molar refractivity (Wildman–Crippen MR) is 153 cm³/mol. The molecule has 38 heavy (non-hydrogen) atoms. The summed E-state index contributed by atoms with van der Waals surface area (Å²) in [5.74, 6) is -0.243. The molecule has 0 aliphatic heterocycles. The first-order valence-corrected chi connectivity index (χ1v) is 15.6. The fraction of sp³-hybridized carbons (Fsp3) is 0.533. The number of nitrogens with one attached hydrogen (secondary N) is 1. The van der Waals surface area contributed by atoms with Crippen LogP contribution in [-0.2, 0) is 26.2 Å². The Hall–Kier alpha value is -2.87. The minimum Gasteiger partial charge on any atom is -0.352 e. The Morgan fingerprint density at radius 3 is 2.26 bits per heavy atom. The molecule has 1 saturated carbocycles. The molecule has 1 fully saturated rings. The van der Waals surface area contributed by atoms with E-state index in [0.29, 0.717) is 25.1 Å². The summed E-state index contributed by atoms with van der Waals surface area (Å²) in [7, 11) is -3.51. The summed E-state index contributed by atoms with van der Waals surface area (Å²) in [4.78, 5) is 28.7. The predicted octanol–water partition coefficient (Wildman–Crippen LogP) is 5.11. The number of aryl methyl sites for hydroxylation is 2. The molecular weight excluding hydrogens is 498 g/mol. The third-order valence-electron chi connectivity index (χ3n) is 7.21. The number of carbonyl (C=O) groups is 2. The number of rotatable bonds is 12. The standard InChI is InChI=1S/C30H43N3O4S/c1-5-28(30(35)31-26-15-7-6-8-16-26)32(22-25-14-9-12-23(2)20-25)29(34)18-11-19-33(38(4,36)37)27-17-10-13-24(3)21-27/h9-10,12-14,17,20-21,26,28H,5-8,11,15-16,18-19,22H2,1-4H3,(H,31,35)/t28-/m1/s1. The molecule has 0 unspecified atom stereocenters. The second kappa shape index (κ2) is 13.8. The highest BCUT2D eigenvalue weighted by atomic mass is 32.2. The minimum atomic E-state index is -3.51. The van der Waals surface area contributed by atoms with Gasteiger partial charge in [0, 0.05) is 25.6 Å². The highest BCUT2D eigenvalue weighted by Gasteiger charge is 2.30. The number of sulfonamides is 1. The van der Waals surface area contributed by atoms with Crippen LogP contribution >= 0.6 is 0 Å². The summed E-state index contributed by atoms with van der Waals surface area (Å²) in [6, 6.07) is 14.9. The van der Waals surface area contributed by atoms with Crippen LogP contribution in [-0.4, -0.2) is 50.0 Å². The highest BCUT2D eigenvalue weighted by molar-refractivity contribution is 7.92. The Morgan fingerprint density at radius 2 is 1.66 bits per heavy atom. The van der Waals surface area contributed by atoms with Gasteiger partial charge in [-0.3, -0.25) is 13.9 Å². The van der Waals surface area contributed by atoms with Gasteiger partial charge in [0.05, 0.1) is 11.9 Å². The average Bonchev–Trinajstić information content (AvgIpc) is 2.86. The molecule has 0 bridgehead atoms. The van der Waals surface area contributed by atoms with Crippen molar-refractivity contribution in [3.63, 3.8) is 0 Å². The Labute approximate surface area is 228 Å². The fourth-order valence-electron chi connectivity index (χ4n) is 5.26. The Kier molecular flexibility index (Phi) is 10.8. The molecule has 0 aromatic heterocycles. The van der Waals surface area contributed by atoms with Gasteiger partial charge in [0.1, 0.15) is 6.04 Å². The SMILES string of the molecule is CC[C@H](C(=O)NC1CCCCC1)N(Cc1cccc(C)c1)C(=O)CCCN(c1cccc(C)c1)S(C)(=O)=O. The van der Waals surface area contributed by atoms with Gasteiger partial charge in [-0.2, -0.15) is 0 Å². The maximum absolute atomic E-state index is 13.6. The monoisotopic (exact) mass is 541 g/mol. The van der Waals surface area contributed by atoms with Crippen molar-refractivity contribution in [2.75, 3.05) is 17.1 Å². The van der Waals surface area contributed by atoms with Crippen molar-refractivity contribution in [2.45, 2.75) is 90.8 Å². The Balaban J connectivity index is 1.76. The number of carbonyl (C=O) groups excluding carboxylic acids is 2. The molecule has 1 atom stereocenters. The highest BCUT2D eigenvalue weighted by Crippen LogP contribution is 2.22. The van der Waals surface area contributed by atoms with Gasteiger partial charge >= 0.3 is 0 Å². The van der Waals surface area contributed by atoms with Crippen LogP contribution in [0.25, 0.3) is 0 Å². The molecule has 0 spiro atoms. The molecule has 0 heterocycles. The molecule has 7 nitrogen and oxygen atoms in total. The van der Waals surface area contributed by atoms with E-state index in [-0.39, 0.29) is 30.8 Å². The van der Waals surface area contributed by atoms with Crippen LogP contribution in [0.5, 0.6) is 0 Å². The summed E-state index contributed by atoms with van der Waals surface area (Å²) in [6.07, 6.45) is 7.59. The summed E-state index contributed by atoms with van der Waals surface area (Å²) in [5.41, 5.74) is 3.62. The molecule has 2 amide bonds. The van der Waals surface area contributed by atoms with Gasteiger partial charge in [-0.05, 0) is 62.8 Å². The van der Waals surface area contributed by atoms with Crippen molar-refractivity contribution >= 4 is 27.5 Å². The van der Waals surface area contributed by atoms with Gasteiger partial charge in [-0.15, -0.1) is 0 Å². The van der Waals surface area contributed by atoms with E-state index in [2.05, 4.69) is 5.32 Å². The second-order valence-electron chi connectivity index (χ2n) is 10.6. The van der Waals surface area contributed by atoms with Crippen molar-refractivity contribution in [2.24, 2.45) is 0 Å². The van der Waals surface area contributed by atoms with Crippen LogP contribution in [0.1, 0.15) is 75.0 Å². The Bertz CT molecular complexity index is 1190. The quantitative estimate of drug-likeness (QED) is 0.405. The third kappa shape index (κ3) is 8.58. The zero-order chi connectivity index (χ0) is 27.7. The summed E-state index contributed by atoms with van der Waals surface area (Å²) >= 11 is 0. The molecule has 8 heteroatoms. The van der Waals surface area contributed by atoms with Crippen molar-refractivity contribution < 1.29 is 18.0 Å². The first kappa shape index (κ1) is 29.7. The lowest BCUT2D eigenvalue weighted by Crippen LogP contribution is -2.51. The third-order valence-corrected chi connectivity index (χ3v) is 8.41. The van der Waals surface area contributed by atoms with Gasteiger partial charge in [-0.25, -0.2) is 8.42 Å². The molecule has 3 rings (SSSR count). The molecule has 208 valence electrons. The molecule has 1 aliphatic rings. The maximum Gasteiger partial charge on any atom is 0.243 e. The first-order chi connectivity index (χ1) is 18.1. The maximum atomic E-state index is 13.6. The molecule has 0 saturated heterocycles. The Morgan fingerprint density at radius 1 is 1.00 bits per heavy atom. The normalized spacial score (nSPS) is 15.1. The largest absolute Gasteiger partial charge is 0.352 e. The van der Waals surface area contributed by atoms with Crippen LogP contribution < -0.4 is 9.62 Å². The van der Waals surface area contributed by atoms with Crippen LogP contribution in [0.2, 0.25) is 0 Å². The van der Waals surface area contributed by atoms with Crippen molar-refractivity contribution in [1.82, 2.24) is 10.2 Å². The smallest absolute Gasteiger partial charge is 0.243 e. The van der Waals surface area contributed by atoms with E-state index in [1.807, 2.05) is 63.2 Å². The second-order valence-corrected chi connectivity index (χ2v) is 12.5. The molecule has 2 aromatic carbocycles. The van der Waals surface area contributed by atoms with Crippen molar-refractivity contribution in [1.29, 1.82) is 0 Å². The minimum absolute atomic E-state index is 0.0991. The summed E-state index contributed by atoms with van der Waals surface area (Å²) in [6.45, 7) is 6.39. The number of nitrogens with zero attached hydrogens (tertiary/aromatic N) is 2. The molecular formula is C30H43N3O4S. The molecule has 2 aromatic rings. The van der Waals surface area contributed by atoms with E-state index >= 15 is 0 Å². The van der Waals surface area contributed by atoms with Gasteiger partial charge in [0.25, 0.3) is 0 Å². The van der Waals surface area contributed by atoms with Gasteiger partial charge in [-0.1, -0.05) is 68.1 Å². The van der Waals surface area contributed by atoms with Crippen LogP contribution in [0.3, 0.4) is 0 Å². The number of amides is 2. The molecule has 1 N–H and O–H groups in total. The van der Waals surface area contributed by atoms with E-state index in [9.17, 15) is 18.0 Å². The number of anilines is 1. The number of benzene rings is 2. The van der Waals surface area contributed by atoms with Gasteiger partial charge in [0.15, 0.2) is 0 Å². The number of hydrogen-bond donors (Lipinski definition) is 1. The average molecular weight is 542 g/mol. The fourth-order valence-corrected chi connectivity index (χ4v) is 6.22. The van der Waals surface area contributed by atoms with E-state index < -0.39 is 16.1 Å². The lowest BCUT2D eigenvalue weighted by molar-refractivity contribution is -0.141. The number of hydrogen-bond acceptors (Lipinski definition) is 4. The zero-order valence-electron chi connectivity index (χ0n) is 23.3. The van der Waals surface area contributed by atoms with E-state index in [1.165, 1.54) is 17.0 Å². The molecule has 1 aliphatic carbocycles. The topological polar surface area (TPSA) is 86.8 Å². The zero-order valence-corrected chi connectivity index (χ0v) is 24.1. The van der Waals surface area contributed by atoms with Gasteiger partial charge in [0.2, 0.25) is 21.8 Å². The molecule has 0 radical (unpaired) electrons. The van der Waals surface area contributed by atoms with E-state index in [4.69, 9.17) is 0 Å². The lowest BCUT2D eigenvalue weighted by Gasteiger charge is -2.33. The first-order valence-electron chi connectivity index (χ1n) is 13.8. The van der Waals surface area contributed by atoms with E-state index in [1.54, 1.807) is 11.0 Å². The summed E-state index contributed by atoms with van der Waals surface area (Å²) in [5, 5.41) is 3.20. The van der Waals surface area contributed by atoms with Crippen molar-refractivity contribution in [3.05, 3.63) is 65.2 Å². The summed E-state index contributed by atoms with van der Waals surface area (Å²) < 4.78 is 26.4. The van der Waals surface area contributed by atoms with E-state index in [0.717, 1.165) is 42.4 Å². The lowest BCUT2D eigenvalue weighted by atomic mass is 9.95. The van der Waals surface area contributed by atoms with Crippen LogP contribution in [0, 0.1) is 13.8 Å². The van der Waals surface area contributed by atoms with Gasteiger partial charge < -0.3 is 10.2 Å². The van der Waals surface area contributed by atoms with Crippen molar-refractivity contribution in [3.8, 4) is 0 Å². The van der Waals surface area contributed by atoms with Crippen LogP contribution in [0.15, 0.2) is 48.5 Å².